The van der Waals surface area contributed by atoms with Crippen molar-refractivity contribution in [3.05, 3.63) is 5.28 Å². The van der Waals surface area contributed by atoms with Crippen molar-refractivity contribution in [2.24, 2.45) is 11.8 Å². The molecule has 1 N–H and O–H groups in total. The van der Waals surface area contributed by atoms with Gasteiger partial charge in [-0.1, -0.05) is 6.92 Å². The summed E-state index contributed by atoms with van der Waals surface area (Å²) in [4.78, 5) is 14.4. The van der Waals surface area contributed by atoms with Gasteiger partial charge < -0.3 is 10.2 Å². The van der Waals surface area contributed by atoms with Gasteiger partial charge in [0, 0.05) is 20.6 Å². The first-order valence-electron chi connectivity index (χ1n) is 5.40. The third-order valence-electron chi connectivity index (χ3n) is 2.95. The fourth-order valence-electron chi connectivity index (χ4n) is 1.71. The molecule has 2 unspecified atom stereocenters. The molecule has 2 atom stereocenters. The Morgan fingerprint density at radius 2 is 2.12 bits per heavy atom. The molecule has 16 heavy (non-hydrogen) atoms. The van der Waals surface area contributed by atoms with Crippen LogP contribution in [0.2, 0.25) is 5.28 Å². The van der Waals surface area contributed by atoms with Crippen LogP contribution in [0.25, 0.3) is 0 Å². The largest absolute Gasteiger partial charge is 0.357 e. The summed E-state index contributed by atoms with van der Waals surface area (Å²) in [6.45, 7) is 3.24. The first-order chi connectivity index (χ1) is 7.60. The van der Waals surface area contributed by atoms with E-state index in [0.29, 0.717) is 11.9 Å². The number of nitrogens with one attached hydrogen (secondary N) is 1. The lowest BCUT2D eigenvalue weighted by Gasteiger charge is -2.17. The van der Waals surface area contributed by atoms with Gasteiger partial charge in [0.2, 0.25) is 17.2 Å². The zero-order chi connectivity index (χ0) is 11.7. The van der Waals surface area contributed by atoms with Crippen molar-refractivity contribution < 1.29 is 0 Å². The number of hydrogen-bond donors (Lipinski definition) is 1. The summed E-state index contributed by atoms with van der Waals surface area (Å²) >= 11 is 5.82. The summed E-state index contributed by atoms with van der Waals surface area (Å²) in [7, 11) is 3.74. The fourth-order valence-corrected chi connectivity index (χ4v) is 1.86. The SMILES string of the molecule is CNc1nc(Cl)nc(N(C)CC2CC2C)n1. The number of nitrogens with zero attached hydrogens (tertiary/aromatic N) is 4. The molecule has 1 aliphatic rings. The molecule has 0 bridgehead atoms. The predicted molar refractivity (Wildman–Crippen MR) is 64.9 cm³/mol. The average Bonchev–Trinajstić information content (AvgIpc) is 2.93. The second-order valence-electron chi connectivity index (χ2n) is 4.33. The van der Waals surface area contributed by atoms with Crippen LogP contribution in [-0.4, -0.2) is 35.6 Å². The van der Waals surface area contributed by atoms with E-state index in [2.05, 4.69) is 27.2 Å². The lowest BCUT2D eigenvalue weighted by atomic mass is 10.3. The van der Waals surface area contributed by atoms with Crippen LogP contribution in [0, 0.1) is 11.8 Å². The molecule has 0 amide bonds. The van der Waals surface area contributed by atoms with E-state index in [-0.39, 0.29) is 5.28 Å². The molecule has 88 valence electrons. The van der Waals surface area contributed by atoms with Crippen molar-refractivity contribution in [1.82, 2.24) is 15.0 Å². The van der Waals surface area contributed by atoms with Gasteiger partial charge in [-0.3, -0.25) is 0 Å². The molecule has 0 aliphatic heterocycles. The van der Waals surface area contributed by atoms with E-state index >= 15 is 0 Å². The smallest absolute Gasteiger partial charge is 0.231 e. The van der Waals surface area contributed by atoms with E-state index < -0.39 is 0 Å². The van der Waals surface area contributed by atoms with Crippen molar-refractivity contribution in [3.8, 4) is 0 Å². The molecule has 1 saturated carbocycles. The lowest BCUT2D eigenvalue weighted by Crippen LogP contribution is -2.23. The minimum Gasteiger partial charge on any atom is -0.357 e. The zero-order valence-corrected chi connectivity index (χ0v) is 10.5. The number of aromatic nitrogens is 3. The second-order valence-corrected chi connectivity index (χ2v) is 4.67. The molecule has 1 aromatic heterocycles. The molecule has 0 aromatic carbocycles. The molecule has 5 nitrogen and oxygen atoms in total. The summed E-state index contributed by atoms with van der Waals surface area (Å²) in [5, 5.41) is 3.09. The Morgan fingerprint density at radius 3 is 2.69 bits per heavy atom. The molecule has 0 saturated heterocycles. The Hall–Kier alpha value is -1.10. The van der Waals surface area contributed by atoms with Crippen LogP contribution >= 0.6 is 11.6 Å². The first-order valence-corrected chi connectivity index (χ1v) is 5.78. The van der Waals surface area contributed by atoms with Gasteiger partial charge in [-0.25, -0.2) is 0 Å². The van der Waals surface area contributed by atoms with Crippen LogP contribution in [-0.2, 0) is 0 Å². The molecule has 1 aromatic rings. The van der Waals surface area contributed by atoms with Gasteiger partial charge >= 0.3 is 0 Å². The summed E-state index contributed by atoms with van der Waals surface area (Å²) in [5.41, 5.74) is 0. The Bertz CT molecular complexity index is 383. The number of hydrogen-bond acceptors (Lipinski definition) is 5. The van der Waals surface area contributed by atoms with E-state index in [1.54, 1.807) is 7.05 Å². The Morgan fingerprint density at radius 1 is 1.44 bits per heavy atom. The minimum absolute atomic E-state index is 0.227. The van der Waals surface area contributed by atoms with Crippen LogP contribution in [0.15, 0.2) is 0 Å². The molecular weight excluding hydrogens is 226 g/mol. The number of rotatable bonds is 4. The van der Waals surface area contributed by atoms with E-state index in [9.17, 15) is 0 Å². The van der Waals surface area contributed by atoms with Crippen LogP contribution in [0.3, 0.4) is 0 Å². The third kappa shape index (κ3) is 2.52. The average molecular weight is 242 g/mol. The maximum atomic E-state index is 5.82. The van der Waals surface area contributed by atoms with Crippen molar-refractivity contribution in [2.45, 2.75) is 13.3 Å². The van der Waals surface area contributed by atoms with Crippen LogP contribution in [0.4, 0.5) is 11.9 Å². The Balaban J connectivity index is 2.09. The highest BCUT2D eigenvalue weighted by Crippen LogP contribution is 2.38. The highest BCUT2D eigenvalue weighted by molar-refractivity contribution is 6.28. The fraction of sp³-hybridized carbons (Fsp3) is 0.700. The van der Waals surface area contributed by atoms with Crippen molar-refractivity contribution in [1.29, 1.82) is 0 Å². The predicted octanol–water partition coefficient (Wildman–Crippen LogP) is 1.66. The van der Waals surface area contributed by atoms with E-state index in [1.807, 2.05) is 11.9 Å². The summed E-state index contributed by atoms with van der Waals surface area (Å²) in [5.74, 6) is 2.72. The Kier molecular flexibility index (Phi) is 3.14. The van der Waals surface area contributed by atoms with Crippen LogP contribution < -0.4 is 10.2 Å². The van der Waals surface area contributed by atoms with Crippen LogP contribution in [0.5, 0.6) is 0 Å². The molecule has 0 spiro atoms. The normalized spacial score (nSPS) is 23.0. The van der Waals surface area contributed by atoms with E-state index in [4.69, 9.17) is 11.6 Å². The monoisotopic (exact) mass is 241 g/mol. The highest BCUT2D eigenvalue weighted by Gasteiger charge is 2.33. The molecule has 1 aliphatic carbocycles. The topological polar surface area (TPSA) is 53.9 Å². The molecule has 6 heteroatoms. The van der Waals surface area contributed by atoms with Gasteiger partial charge in [-0.05, 0) is 29.9 Å². The van der Waals surface area contributed by atoms with E-state index in [0.717, 1.165) is 18.4 Å². The van der Waals surface area contributed by atoms with E-state index in [1.165, 1.54) is 6.42 Å². The summed E-state index contributed by atoms with van der Waals surface area (Å²) < 4.78 is 0. The molecule has 0 radical (unpaired) electrons. The molecule has 2 rings (SSSR count). The second kappa shape index (κ2) is 4.41. The zero-order valence-electron chi connectivity index (χ0n) is 9.74. The maximum absolute atomic E-state index is 5.82. The minimum atomic E-state index is 0.227. The number of halogens is 1. The van der Waals surface area contributed by atoms with Gasteiger partial charge in [0.05, 0.1) is 0 Å². The summed E-state index contributed by atoms with van der Waals surface area (Å²) in [6.07, 6.45) is 1.29. The van der Waals surface area contributed by atoms with Crippen molar-refractivity contribution in [2.75, 3.05) is 30.9 Å². The van der Waals surface area contributed by atoms with Crippen molar-refractivity contribution in [3.63, 3.8) is 0 Å². The van der Waals surface area contributed by atoms with Crippen molar-refractivity contribution >= 4 is 23.5 Å². The molecule has 1 fully saturated rings. The standard InChI is InChI=1S/C10H16ClN5/c1-6-4-7(6)5-16(3)10-14-8(11)13-9(12-2)15-10/h6-7H,4-5H2,1-3H3,(H,12,13,14,15). The molecular formula is C10H16ClN5. The van der Waals surface area contributed by atoms with Gasteiger partial charge in [-0.15, -0.1) is 0 Å². The highest BCUT2D eigenvalue weighted by atomic mass is 35.5. The van der Waals surface area contributed by atoms with Gasteiger partial charge in [0.1, 0.15) is 0 Å². The lowest BCUT2D eigenvalue weighted by molar-refractivity contribution is 0.710. The number of anilines is 2. The summed E-state index contributed by atoms with van der Waals surface area (Å²) in [6, 6.07) is 0. The third-order valence-corrected chi connectivity index (χ3v) is 3.11. The van der Waals surface area contributed by atoms with Gasteiger partial charge in [0.15, 0.2) is 0 Å². The van der Waals surface area contributed by atoms with Gasteiger partial charge in [-0.2, -0.15) is 15.0 Å². The first kappa shape index (κ1) is 11.4. The van der Waals surface area contributed by atoms with Crippen LogP contribution in [0.1, 0.15) is 13.3 Å². The quantitative estimate of drug-likeness (QED) is 0.869. The Labute approximate surface area is 100 Å². The maximum Gasteiger partial charge on any atom is 0.231 e. The van der Waals surface area contributed by atoms with Gasteiger partial charge in [0.25, 0.3) is 0 Å². The molecule has 1 heterocycles.